The van der Waals surface area contributed by atoms with Crippen molar-refractivity contribution in [2.24, 2.45) is 0 Å². The van der Waals surface area contributed by atoms with Crippen LogP contribution >= 0.6 is 0 Å². The zero-order valence-electron chi connectivity index (χ0n) is 16.4. The molecule has 27 heavy (non-hydrogen) atoms. The van der Waals surface area contributed by atoms with Crippen LogP contribution in [0.25, 0.3) is 6.08 Å². The molecule has 0 heterocycles. The molecule has 2 radical (unpaired) electrons. The van der Waals surface area contributed by atoms with Crippen LogP contribution in [-0.2, 0) is 14.3 Å². The van der Waals surface area contributed by atoms with Gasteiger partial charge in [0.2, 0.25) is 0 Å². The standard InChI is InChI=1S/C21H28BNO4/c1-21(2,3)27-20(25)23-18(19(24)26-17-8-4-5-9-17)10-6-7-15-11-13-16(22)14-12-15/h6-7,11-14,17-18H,4-5,8-10H2,1-3H3,(H,23,25)/b7-6+/t18-/m0/s1. The van der Waals surface area contributed by atoms with Gasteiger partial charge in [0, 0.05) is 0 Å². The van der Waals surface area contributed by atoms with E-state index in [9.17, 15) is 9.59 Å². The molecule has 0 aromatic heterocycles. The molecule has 1 aromatic carbocycles. The van der Waals surface area contributed by atoms with Gasteiger partial charge in [0.25, 0.3) is 0 Å². The smallest absolute Gasteiger partial charge is 0.408 e. The Balaban J connectivity index is 1.99. The second-order valence-electron chi connectivity index (χ2n) is 7.85. The summed E-state index contributed by atoms with van der Waals surface area (Å²) < 4.78 is 10.8. The molecule has 0 spiro atoms. The van der Waals surface area contributed by atoms with Crippen molar-refractivity contribution in [1.29, 1.82) is 0 Å². The van der Waals surface area contributed by atoms with Crippen LogP contribution in [0.4, 0.5) is 4.79 Å². The molecule has 2 rings (SSSR count). The molecule has 6 heteroatoms. The summed E-state index contributed by atoms with van der Waals surface area (Å²) in [5.41, 5.74) is 1.02. The minimum absolute atomic E-state index is 0.0542. The van der Waals surface area contributed by atoms with Crippen molar-refractivity contribution in [3.05, 3.63) is 35.9 Å². The van der Waals surface area contributed by atoms with Crippen LogP contribution in [0.3, 0.4) is 0 Å². The van der Waals surface area contributed by atoms with Crippen LogP contribution in [0, 0.1) is 0 Å². The van der Waals surface area contributed by atoms with Crippen molar-refractivity contribution in [2.45, 2.75) is 70.6 Å². The molecular formula is C21H28BNO4. The van der Waals surface area contributed by atoms with Gasteiger partial charge in [0.15, 0.2) is 0 Å². The van der Waals surface area contributed by atoms with Crippen LogP contribution in [0.2, 0.25) is 0 Å². The van der Waals surface area contributed by atoms with E-state index in [4.69, 9.17) is 17.3 Å². The lowest BCUT2D eigenvalue weighted by Gasteiger charge is -2.23. The average molecular weight is 369 g/mol. The van der Waals surface area contributed by atoms with Crippen molar-refractivity contribution in [3.8, 4) is 0 Å². The molecule has 0 unspecified atom stereocenters. The zero-order valence-corrected chi connectivity index (χ0v) is 16.4. The lowest BCUT2D eigenvalue weighted by Crippen LogP contribution is -2.44. The first-order valence-corrected chi connectivity index (χ1v) is 9.45. The van der Waals surface area contributed by atoms with Crippen LogP contribution in [0.5, 0.6) is 0 Å². The summed E-state index contributed by atoms with van der Waals surface area (Å²) in [6.07, 6.45) is 7.25. The number of hydrogen-bond acceptors (Lipinski definition) is 4. The molecule has 0 bridgehead atoms. The predicted octanol–water partition coefficient (Wildman–Crippen LogP) is 3.26. The van der Waals surface area contributed by atoms with Crippen LogP contribution < -0.4 is 10.8 Å². The van der Waals surface area contributed by atoms with Crippen molar-refractivity contribution in [2.75, 3.05) is 0 Å². The Morgan fingerprint density at radius 1 is 1.22 bits per heavy atom. The van der Waals surface area contributed by atoms with E-state index >= 15 is 0 Å². The van der Waals surface area contributed by atoms with E-state index in [1.807, 2.05) is 36.4 Å². The fraction of sp³-hybridized carbons (Fsp3) is 0.524. The van der Waals surface area contributed by atoms with Crippen molar-refractivity contribution < 1.29 is 19.1 Å². The topological polar surface area (TPSA) is 64.6 Å². The molecule has 5 nitrogen and oxygen atoms in total. The van der Waals surface area contributed by atoms with Gasteiger partial charge in [-0.25, -0.2) is 9.59 Å². The highest BCUT2D eigenvalue weighted by molar-refractivity contribution is 6.32. The molecule has 1 saturated carbocycles. The number of rotatable bonds is 6. The quantitative estimate of drug-likeness (QED) is 0.618. The van der Waals surface area contributed by atoms with Gasteiger partial charge >= 0.3 is 12.1 Å². The van der Waals surface area contributed by atoms with Gasteiger partial charge in [-0.3, -0.25) is 0 Å². The van der Waals surface area contributed by atoms with Gasteiger partial charge in [0.1, 0.15) is 25.6 Å². The predicted molar refractivity (Wildman–Crippen MR) is 107 cm³/mol. The lowest BCUT2D eigenvalue weighted by atomic mass is 9.95. The van der Waals surface area contributed by atoms with Crippen LogP contribution in [0.1, 0.15) is 58.4 Å². The van der Waals surface area contributed by atoms with Gasteiger partial charge in [-0.2, -0.15) is 0 Å². The molecule has 1 aromatic rings. The fourth-order valence-electron chi connectivity index (χ4n) is 2.86. The minimum Gasteiger partial charge on any atom is -0.461 e. The monoisotopic (exact) mass is 369 g/mol. The van der Waals surface area contributed by atoms with Crippen LogP contribution in [0.15, 0.2) is 30.3 Å². The van der Waals surface area contributed by atoms with Crippen molar-refractivity contribution in [1.82, 2.24) is 5.32 Å². The number of carbonyl (C=O) groups is 2. The third kappa shape index (κ3) is 7.89. The summed E-state index contributed by atoms with van der Waals surface area (Å²) >= 11 is 0. The molecule has 1 fully saturated rings. The fourth-order valence-corrected chi connectivity index (χ4v) is 2.86. The molecule has 144 valence electrons. The number of benzene rings is 1. The molecule has 1 amide bonds. The van der Waals surface area contributed by atoms with E-state index in [0.717, 1.165) is 31.2 Å². The number of amides is 1. The molecule has 0 aliphatic heterocycles. The number of alkyl carbamates (subject to hydrolysis) is 1. The Morgan fingerprint density at radius 2 is 1.85 bits per heavy atom. The zero-order chi connectivity index (χ0) is 19.9. The molecule has 1 atom stereocenters. The van der Waals surface area contributed by atoms with Gasteiger partial charge in [-0.05, 0) is 58.4 Å². The van der Waals surface area contributed by atoms with E-state index in [2.05, 4.69) is 5.32 Å². The lowest BCUT2D eigenvalue weighted by molar-refractivity contribution is -0.151. The first kappa shape index (κ1) is 21.1. The molecule has 1 aliphatic rings. The minimum atomic E-state index is -0.787. The molecule has 0 saturated heterocycles. The maximum absolute atomic E-state index is 12.5. The first-order valence-electron chi connectivity index (χ1n) is 9.45. The second kappa shape index (κ2) is 9.63. The first-order chi connectivity index (χ1) is 12.7. The summed E-state index contributed by atoms with van der Waals surface area (Å²) in [6, 6.07) is 6.61. The summed E-state index contributed by atoms with van der Waals surface area (Å²) in [5.74, 6) is -0.422. The molecule has 1 aliphatic carbocycles. The Morgan fingerprint density at radius 3 is 2.44 bits per heavy atom. The summed E-state index contributed by atoms with van der Waals surface area (Å²) in [7, 11) is 5.68. The van der Waals surface area contributed by atoms with Gasteiger partial charge < -0.3 is 14.8 Å². The Hall–Kier alpha value is -2.24. The van der Waals surface area contributed by atoms with Crippen molar-refractivity contribution in [3.63, 3.8) is 0 Å². The summed E-state index contributed by atoms with van der Waals surface area (Å²) in [6.45, 7) is 5.33. The van der Waals surface area contributed by atoms with Gasteiger partial charge in [0.05, 0.1) is 0 Å². The molecular weight excluding hydrogens is 341 g/mol. The van der Waals surface area contributed by atoms with Crippen LogP contribution in [-0.4, -0.2) is 37.7 Å². The highest BCUT2D eigenvalue weighted by atomic mass is 16.6. The summed E-state index contributed by atoms with van der Waals surface area (Å²) in [5, 5.41) is 2.64. The Labute approximate surface area is 162 Å². The number of carbonyl (C=O) groups excluding carboxylic acids is 2. The number of nitrogens with one attached hydrogen (secondary N) is 1. The normalized spacial score (nSPS) is 16.3. The Bertz CT molecular complexity index is 658. The number of ether oxygens (including phenoxy) is 2. The van der Waals surface area contributed by atoms with E-state index in [1.165, 1.54) is 0 Å². The third-order valence-corrected chi connectivity index (χ3v) is 4.18. The second-order valence-corrected chi connectivity index (χ2v) is 7.85. The Kier molecular flexibility index (Phi) is 7.51. The van der Waals surface area contributed by atoms with Gasteiger partial charge in [-0.1, -0.05) is 41.9 Å². The maximum Gasteiger partial charge on any atom is 0.408 e. The molecule has 1 N–H and O–H groups in total. The van der Waals surface area contributed by atoms with Gasteiger partial charge in [-0.15, -0.1) is 0 Å². The highest BCUT2D eigenvalue weighted by Gasteiger charge is 2.27. The largest absolute Gasteiger partial charge is 0.461 e. The van der Waals surface area contributed by atoms with Crippen molar-refractivity contribution >= 4 is 31.4 Å². The van der Waals surface area contributed by atoms with E-state index < -0.39 is 23.7 Å². The maximum atomic E-state index is 12.5. The third-order valence-electron chi connectivity index (χ3n) is 4.18. The summed E-state index contributed by atoms with van der Waals surface area (Å²) in [4.78, 5) is 24.6. The van der Waals surface area contributed by atoms with E-state index in [1.54, 1.807) is 20.8 Å². The van der Waals surface area contributed by atoms with E-state index in [0.29, 0.717) is 11.9 Å². The number of hydrogen-bond donors (Lipinski definition) is 1. The SMILES string of the molecule is [B]c1ccc(/C=C/C[C@H](NC(=O)OC(C)(C)C)C(=O)OC2CCCC2)cc1. The highest BCUT2D eigenvalue weighted by Crippen LogP contribution is 2.21. The van der Waals surface area contributed by atoms with E-state index in [-0.39, 0.29) is 6.10 Å². The number of esters is 1. The average Bonchev–Trinajstić information content (AvgIpc) is 3.07.